The third-order valence-electron chi connectivity index (χ3n) is 3.65. The highest BCUT2D eigenvalue weighted by molar-refractivity contribution is 6.28. The van der Waals surface area contributed by atoms with Crippen molar-refractivity contribution in [1.29, 1.82) is 0 Å². The molecule has 2 heterocycles. The zero-order valence-electron chi connectivity index (χ0n) is 13.6. The van der Waals surface area contributed by atoms with Crippen molar-refractivity contribution in [2.45, 2.75) is 0 Å². The Balaban J connectivity index is 0.000000151. The number of amides is 4. The Morgan fingerprint density at radius 2 is 0.692 bits per heavy atom. The molecule has 0 atom stereocenters. The van der Waals surface area contributed by atoms with Crippen LogP contribution in [0.1, 0.15) is 0 Å². The van der Waals surface area contributed by atoms with Gasteiger partial charge in [0.2, 0.25) is 0 Å². The van der Waals surface area contributed by atoms with E-state index in [9.17, 15) is 19.2 Å². The fourth-order valence-corrected chi connectivity index (χ4v) is 2.46. The van der Waals surface area contributed by atoms with Crippen LogP contribution in [0.2, 0.25) is 0 Å². The number of anilines is 2. The van der Waals surface area contributed by atoms with E-state index in [2.05, 4.69) is 0 Å². The van der Waals surface area contributed by atoms with Gasteiger partial charge in [-0.15, -0.1) is 0 Å². The van der Waals surface area contributed by atoms with E-state index in [4.69, 9.17) is 0 Å². The molecule has 2 aromatic carbocycles. The molecule has 0 aromatic heterocycles. The molecule has 0 bridgehead atoms. The maximum atomic E-state index is 11.2. The van der Waals surface area contributed by atoms with Crippen molar-refractivity contribution >= 4 is 35.0 Å². The summed E-state index contributed by atoms with van der Waals surface area (Å²) in [5, 5.41) is 0. The lowest BCUT2D eigenvalue weighted by Crippen LogP contribution is -2.29. The minimum absolute atomic E-state index is 0.281. The van der Waals surface area contributed by atoms with Gasteiger partial charge in [0.1, 0.15) is 0 Å². The number of nitrogens with zero attached hydrogens (tertiary/aromatic N) is 2. The van der Waals surface area contributed by atoms with Crippen LogP contribution >= 0.6 is 0 Å². The normalized spacial score (nSPS) is 15.5. The first kappa shape index (κ1) is 17.0. The summed E-state index contributed by atoms with van der Waals surface area (Å²) >= 11 is 0. The molecule has 6 nitrogen and oxygen atoms in total. The van der Waals surface area contributed by atoms with Gasteiger partial charge < -0.3 is 0 Å². The molecule has 0 fully saturated rings. The third-order valence-corrected chi connectivity index (χ3v) is 3.65. The maximum absolute atomic E-state index is 11.2. The standard InChI is InChI=1S/2C10H7NO2/c2*12-9-6-7-10(13)11(9)8-4-2-1-3-5-8/h2*1-7H. The van der Waals surface area contributed by atoms with Gasteiger partial charge >= 0.3 is 0 Å². The van der Waals surface area contributed by atoms with Crippen molar-refractivity contribution in [3.8, 4) is 0 Å². The predicted octanol–water partition coefficient (Wildman–Crippen LogP) is 2.23. The van der Waals surface area contributed by atoms with Gasteiger partial charge in [0.05, 0.1) is 11.4 Å². The number of benzene rings is 2. The zero-order valence-corrected chi connectivity index (χ0v) is 13.6. The van der Waals surface area contributed by atoms with Gasteiger partial charge in [-0.1, -0.05) is 36.4 Å². The summed E-state index contributed by atoms with van der Waals surface area (Å²) in [4.78, 5) is 47.1. The Bertz CT molecular complexity index is 804. The quantitative estimate of drug-likeness (QED) is 0.782. The first-order valence-corrected chi connectivity index (χ1v) is 7.80. The van der Waals surface area contributed by atoms with E-state index in [1.54, 1.807) is 48.5 Å². The number of carbonyl (C=O) groups excluding carboxylic acids is 4. The summed E-state index contributed by atoms with van der Waals surface area (Å²) in [5.74, 6) is -1.13. The lowest BCUT2D eigenvalue weighted by Gasteiger charge is -2.12. The number of hydrogen-bond acceptors (Lipinski definition) is 4. The summed E-state index contributed by atoms with van der Waals surface area (Å²) in [5.41, 5.74) is 1.23. The number of imide groups is 2. The lowest BCUT2D eigenvalue weighted by molar-refractivity contribution is -0.121. The molecular formula is C20H14N2O4. The van der Waals surface area contributed by atoms with Crippen LogP contribution in [0.5, 0.6) is 0 Å². The molecule has 0 aliphatic carbocycles. The van der Waals surface area contributed by atoms with Crippen LogP contribution in [-0.4, -0.2) is 23.6 Å². The highest BCUT2D eigenvalue weighted by atomic mass is 16.2. The van der Waals surface area contributed by atoms with E-state index >= 15 is 0 Å². The van der Waals surface area contributed by atoms with Crippen LogP contribution in [0.15, 0.2) is 85.0 Å². The second-order valence-electron chi connectivity index (χ2n) is 5.36. The van der Waals surface area contributed by atoms with Gasteiger partial charge in [-0.2, -0.15) is 0 Å². The smallest absolute Gasteiger partial charge is 0.258 e. The Kier molecular flexibility index (Phi) is 4.85. The van der Waals surface area contributed by atoms with Gasteiger partial charge in [0.25, 0.3) is 23.6 Å². The average molecular weight is 346 g/mol. The summed E-state index contributed by atoms with van der Waals surface area (Å²) < 4.78 is 0. The Morgan fingerprint density at radius 3 is 0.962 bits per heavy atom. The molecule has 6 heteroatoms. The van der Waals surface area contributed by atoms with Gasteiger partial charge in [0.15, 0.2) is 0 Å². The van der Waals surface area contributed by atoms with Crippen LogP contribution in [0.25, 0.3) is 0 Å². The highest BCUT2D eigenvalue weighted by Crippen LogP contribution is 2.18. The molecule has 0 saturated heterocycles. The third kappa shape index (κ3) is 3.49. The van der Waals surface area contributed by atoms with Crippen molar-refractivity contribution in [1.82, 2.24) is 0 Å². The summed E-state index contributed by atoms with van der Waals surface area (Å²) in [6.45, 7) is 0. The first-order valence-electron chi connectivity index (χ1n) is 7.80. The number of rotatable bonds is 2. The highest BCUT2D eigenvalue weighted by Gasteiger charge is 2.25. The molecule has 0 saturated carbocycles. The Hall–Kier alpha value is -3.80. The largest absolute Gasteiger partial charge is 0.269 e. The van der Waals surface area contributed by atoms with Crippen LogP contribution in [-0.2, 0) is 19.2 Å². The van der Waals surface area contributed by atoms with E-state index in [-0.39, 0.29) is 23.6 Å². The van der Waals surface area contributed by atoms with Crippen molar-refractivity contribution in [2.75, 3.05) is 9.80 Å². The number of carbonyl (C=O) groups is 4. The van der Waals surface area contributed by atoms with E-state index in [0.29, 0.717) is 11.4 Å². The first-order chi connectivity index (χ1) is 12.6. The number of para-hydroxylation sites is 2. The SMILES string of the molecule is O=C1C=CC(=O)N1c1ccccc1.O=C1C=CC(=O)N1c1ccccc1. The summed E-state index contributed by atoms with van der Waals surface area (Å²) in [7, 11) is 0. The van der Waals surface area contributed by atoms with Gasteiger partial charge in [-0.05, 0) is 24.3 Å². The Labute approximate surface area is 149 Å². The van der Waals surface area contributed by atoms with Crippen LogP contribution in [0, 0.1) is 0 Å². The molecule has 2 aliphatic rings. The molecule has 0 N–H and O–H groups in total. The molecule has 4 rings (SSSR count). The van der Waals surface area contributed by atoms with Crippen LogP contribution in [0.4, 0.5) is 11.4 Å². The molecule has 0 radical (unpaired) electrons. The second-order valence-corrected chi connectivity index (χ2v) is 5.36. The lowest BCUT2D eigenvalue weighted by atomic mass is 10.3. The molecule has 0 unspecified atom stereocenters. The van der Waals surface area contributed by atoms with Crippen molar-refractivity contribution < 1.29 is 19.2 Å². The topological polar surface area (TPSA) is 74.8 Å². The predicted molar refractivity (Wildman–Crippen MR) is 96.2 cm³/mol. The minimum Gasteiger partial charge on any atom is -0.269 e. The van der Waals surface area contributed by atoms with Gasteiger partial charge in [-0.25, -0.2) is 9.80 Å². The maximum Gasteiger partial charge on any atom is 0.258 e. The van der Waals surface area contributed by atoms with Crippen LogP contribution < -0.4 is 9.80 Å². The van der Waals surface area contributed by atoms with Gasteiger partial charge in [-0.3, -0.25) is 19.2 Å². The minimum atomic E-state index is -0.281. The molecule has 0 spiro atoms. The van der Waals surface area contributed by atoms with E-state index < -0.39 is 0 Å². The number of hydrogen-bond donors (Lipinski definition) is 0. The molecule has 4 amide bonds. The second kappa shape index (κ2) is 7.40. The summed E-state index contributed by atoms with van der Waals surface area (Å²) in [6.07, 6.45) is 5.09. The summed E-state index contributed by atoms with van der Waals surface area (Å²) in [6, 6.07) is 17.7. The average Bonchev–Trinajstić information content (AvgIpc) is 3.18. The van der Waals surface area contributed by atoms with Crippen molar-refractivity contribution in [3.05, 3.63) is 85.0 Å². The Morgan fingerprint density at radius 1 is 0.423 bits per heavy atom. The van der Waals surface area contributed by atoms with Gasteiger partial charge in [0, 0.05) is 24.3 Å². The molecule has 2 aliphatic heterocycles. The van der Waals surface area contributed by atoms with E-state index in [1.807, 2.05) is 12.1 Å². The monoisotopic (exact) mass is 346 g/mol. The molecule has 26 heavy (non-hydrogen) atoms. The van der Waals surface area contributed by atoms with E-state index in [1.165, 1.54) is 24.3 Å². The van der Waals surface area contributed by atoms with Crippen molar-refractivity contribution in [2.24, 2.45) is 0 Å². The van der Waals surface area contributed by atoms with Crippen molar-refractivity contribution in [3.63, 3.8) is 0 Å². The molecule has 128 valence electrons. The molecule has 2 aromatic rings. The van der Waals surface area contributed by atoms with E-state index in [0.717, 1.165) is 9.80 Å². The fourth-order valence-electron chi connectivity index (χ4n) is 2.46. The fraction of sp³-hybridized carbons (Fsp3) is 0. The van der Waals surface area contributed by atoms with Crippen LogP contribution in [0.3, 0.4) is 0 Å². The zero-order chi connectivity index (χ0) is 18.5. The molecular weight excluding hydrogens is 332 g/mol.